The van der Waals surface area contributed by atoms with Crippen molar-refractivity contribution in [2.24, 2.45) is 0 Å². The van der Waals surface area contributed by atoms with Crippen LogP contribution in [0.1, 0.15) is 19.3 Å². The van der Waals surface area contributed by atoms with Gasteiger partial charge in [-0.25, -0.2) is 4.39 Å². The fourth-order valence-corrected chi connectivity index (χ4v) is 2.74. The minimum Gasteiger partial charge on any atom is -0.491 e. The van der Waals surface area contributed by atoms with Gasteiger partial charge in [0.2, 0.25) is 0 Å². The summed E-state index contributed by atoms with van der Waals surface area (Å²) in [6.07, 6.45) is 3.62. The molecule has 0 saturated carbocycles. The molecule has 1 aromatic rings. The quantitative estimate of drug-likeness (QED) is 0.892. The number of halogens is 3. The van der Waals surface area contributed by atoms with Gasteiger partial charge >= 0.3 is 0 Å². The molecule has 21 heavy (non-hydrogen) atoms. The molecule has 2 rings (SSSR count). The molecule has 0 spiro atoms. The van der Waals surface area contributed by atoms with Gasteiger partial charge in [0, 0.05) is 12.6 Å². The maximum Gasteiger partial charge on any atom is 0.138 e. The largest absolute Gasteiger partial charge is 0.491 e. The van der Waals surface area contributed by atoms with E-state index in [0.717, 1.165) is 19.6 Å². The maximum atomic E-state index is 12.9. The van der Waals surface area contributed by atoms with Crippen molar-refractivity contribution in [2.75, 3.05) is 33.3 Å². The van der Waals surface area contributed by atoms with Crippen LogP contribution >= 0.6 is 24.0 Å². The predicted octanol–water partition coefficient (Wildman–Crippen LogP) is 3.35. The van der Waals surface area contributed by atoms with Crippen LogP contribution in [-0.2, 0) is 0 Å². The monoisotopic (exact) mass is 336 g/mol. The normalized spacial score (nSPS) is 19.0. The Kier molecular flexibility index (Phi) is 8.34. The number of likely N-dealkylation sites (N-methyl/N-ethyl adjacent to an activating group) is 1. The van der Waals surface area contributed by atoms with E-state index >= 15 is 0 Å². The van der Waals surface area contributed by atoms with Crippen molar-refractivity contribution in [3.05, 3.63) is 29.0 Å². The zero-order valence-corrected chi connectivity index (χ0v) is 13.9. The van der Waals surface area contributed by atoms with Crippen LogP contribution in [0.15, 0.2) is 18.2 Å². The van der Waals surface area contributed by atoms with E-state index in [1.54, 1.807) is 6.07 Å². The molecule has 0 aliphatic carbocycles. The highest BCUT2D eigenvalue weighted by Crippen LogP contribution is 2.24. The van der Waals surface area contributed by atoms with E-state index in [0.29, 0.717) is 23.4 Å². The first-order chi connectivity index (χ1) is 9.66. The average Bonchev–Trinajstić information content (AvgIpc) is 2.70. The van der Waals surface area contributed by atoms with Crippen molar-refractivity contribution in [3.63, 3.8) is 0 Å². The molecule has 3 nitrogen and oxygen atoms in total. The summed E-state index contributed by atoms with van der Waals surface area (Å²) in [5.41, 5.74) is 0. The lowest BCUT2D eigenvalue weighted by Gasteiger charge is -2.26. The third-order valence-corrected chi connectivity index (χ3v) is 4.06. The van der Waals surface area contributed by atoms with Crippen LogP contribution in [0.25, 0.3) is 0 Å². The van der Waals surface area contributed by atoms with Crippen molar-refractivity contribution in [1.29, 1.82) is 0 Å². The van der Waals surface area contributed by atoms with Crippen LogP contribution in [0, 0.1) is 5.82 Å². The lowest BCUT2D eigenvalue weighted by molar-refractivity contribution is 0.180. The van der Waals surface area contributed by atoms with Gasteiger partial charge in [-0.15, -0.1) is 12.4 Å². The molecule has 0 amide bonds. The molecule has 1 heterocycles. The van der Waals surface area contributed by atoms with Gasteiger partial charge in [0.05, 0.1) is 5.02 Å². The first-order valence-corrected chi connectivity index (χ1v) is 7.53. The third-order valence-electron chi connectivity index (χ3n) is 3.76. The summed E-state index contributed by atoms with van der Waals surface area (Å²) >= 11 is 5.93. The van der Waals surface area contributed by atoms with Crippen molar-refractivity contribution >= 4 is 24.0 Å². The summed E-state index contributed by atoms with van der Waals surface area (Å²) in [6, 6.07) is 4.82. The van der Waals surface area contributed by atoms with Crippen LogP contribution in [0.4, 0.5) is 4.39 Å². The predicted molar refractivity (Wildman–Crippen MR) is 87.3 cm³/mol. The van der Waals surface area contributed by atoms with Crippen molar-refractivity contribution in [2.45, 2.75) is 25.3 Å². The number of ether oxygens (including phenoxy) is 1. The topological polar surface area (TPSA) is 24.5 Å². The van der Waals surface area contributed by atoms with Crippen LogP contribution in [0.5, 0.6) is 5.75 Å². The molecule has 0 bridgehead atoms. The number of nitrogens with zero attached hydrogens (tertiary/aromatic N) is 1. The highest BCUT2D eigenvalue weighted by Gasteiger charge is 2.16. The zero-order chi connectivity index (χ0) is 14.4. The fourth-order valence-electron chi connectivity index (χ4n) is 2.52. The van der Waals surface area contributed by atoms with E-state index in [4.69, 9.17) is 16.3 Å². The zero-order valence-electron chi connectivity index (χ0n) is 12.3. The lowest BCUT2D eigenvalue weighted by atomic mass is 10.1. The molecular weight excluding hydrogens is 314 g/mol. The van der Waals surface area contributed by atoms with Crippen molar-refractivity contribution in [1.82, 2.24) is 10.2 Å². The molecule has 1 N–H and O–H groups in total. The van der Waals surface area contributed by atoms with Crippen LogP contribution in [0.2, 0.25) is 5.02 Å². The van der Waals surface area contributed by atoms with E-state index in [1.165, 1.54) is 31.4 Å². The third kappa shape index (κ3) is 5.99. The SMILES string of the molecule is CN(CCOc1ccc(F)cc1Cl)C1CCCNCC1.Cl. The van der Waals surface area contributed by atoms with Crippen molar-refractivity contribution < 1.29 is 9.13 Å². The Bertz CT molecular complexity index is 426. The summed E-state index contributed by atoms with van der Waals surface area (Å²) in [4.78, 5) is 2.34. The Morgan fingerprint density at radius 2 is 2.19 bits per heavy atom. The lowest BCUT2D eigenvalue weighted by Crippen LogP contribution is -2.35. The summed E-state index contributed by atoms with van der Waals surface area (Å²) < 4.78 is 18.6. The molecule has 1 atom stereocenters. The van der Waals surface area contributed by atoms with Crippen molar-refractivity contribution in [3.8, 4) is 5.75 Å². The Hall–Kier alpha value is -0.550. The number of benzene rings is 1. The Morgan fingerprint density at radius 1 is 1.38 bits per heavy atom. The van der Waals surface area contributed by atoms with Gasteiger partial charge in [-0.2, -0.15) is 0 Å². The Balaban J connectivity index is 0.00000220. The maximum absolute atomic E-state index is 12.9. The summed E-state index contributed by atoms with van der Waals surface area (Å²) in [5.74, 6) is 0.203. The minimum atomic E-state index is -0.342. The van der Waals surface area contributed by atoms with Crippen LogP contribution < -0.4 is 10.1 Å². The summed E-state index contributed by atoms with van der Waals surface area (Å²) in [6.45, 7) is 3.61. The van der Waals surface area contributed by atoms with E-state index in [-0.39, 0.29) is 18.2 Å². The molecule has 1 fully saturated rings. The first-order valence-electron chi connectivity index (χ1n) is 7.15. The first kappa shape index (κ1) is 18.5. The van der Waals surface area contributed by atoms with E-state index < -0.39 is 0 Å². The van der Waals surface area contributed by atoms with Gasteiger partial charge in [0.25, 0.3) is 0 Å². The Labute approximate surface area is 137 Å². The number of rotatable bonds is 5. The molecule has 1 aliphatic rings. The average molecular weight is 337 g/mol. The Morgan fingerprint density at radius 3 is 2.95 bits per heavy atom. The number of hydrogen-bond acceptors (Lipinski definition) is 3. The molecule has 1 unspecified atom stereocenters. The molecule has 1 aliphatic heterocycles. The molecule has 1 saturated heterocycles. The highest BCUT2D eigenvalue weighted by atomic mass is 35.5. The van der Waals surface area contributed by atoms with Crippen LogP contribution in [0.3, 0.4) is 0 Å². The number of hydrogen-bond donors (Lipinski definition) is 1. The molecule has 120 valence electrons. The second kappa shape index (κ2) is 9.46. The van der Waals surface area contributed by atoms with Gasteiger partial charge in [0.1, 0.15) is 18.2 Å². The summed E-state index contributed by atoms with van der Waals surface area (Å²) in [7, 11) is 2.13. The second-order valence-electron chi connectivity index (χ2n) is 5.24. The van der Waals surface area contributed by atoms with Gasteiger partial charge in [-0.1, -0.05) is 11.6 Å². The fraction of sp³-hybridized carbons (Fsp3) is 0.600. The standard InChI is InChI=1S/C15H22ClFN2O.ClH/c1-19(13-3-2-7-18-8-6-13)9-10-20-15-5-4-12(17)11-14(15)16;/h4-5,11,13,18H,2-3,6-10H2,1H3;1H. The summed E-state index contributed by atoms with van der Waals surface area (Å²) in [5, 5.41) is 3.74. The van der Waals surface area contributed by atoms with E-state index in [1.807, 2.05) is 0 Å². The molecule has 1 aromatic carbocycles. The van der Waals surface area contributed by atoms with E-state index in [2.05, 4.69) is 17.3 Å². The molecule has 0 aromatic heterocycles. The second-order valence-corrected chi connectivity index (χ2v) is 5.65. The minimum absolute atomic E-state index is 0. The molecule has 0 radical (unpaired) electrons. The van der Waals surface area contributed by atoms with Gasteiger partial charge in [0.15, 0.2) is 0 Å². The van der Waals surface area contributed by atoms with Gasteiger partial charge in [-0.3, -0.25) is 4.90 Å². The van der Waals surface area contributed by atoms with Gasteiger partial charge in [-0.05, 0) is 57.6 Å². The highest BCUT2D eigenvalue weighted by molar-refractivity contribution is 6.32. The van der Waals surface area contributed by atoms with Gasteiger partial charge < -0.3 is 10.1 Å². The molecule has 6 heteroatoms. The smallest absolute Gasteiger partial charge is 0.138 e. The number of nitrogens with one attached hydrogen (secondary N) is 1. The van der Waals surface area contributed by atoms with Crippen LogP contribution in [-0.4, -0.2) is 44.2 Å². The molecular formula is C15H23Cl2FN2O. The van der Waals surface area contributed by atoms with E-state index in [9.17, 15) is 4.39 Å².